The van der Waals surface area contributed by atoms with Crippen molar-refractivity contribution in [2.45, 2.75) is 20.5 Å². The molecule has 0 aliphatic carbocycles. The zero-order chi connectivity index (χ0) is 19.0. The number of rotatable bonds is 4. The lowest BCUT2D eigenvalue weighted by Gasteiger charge is -1.99. The van der Waals surface area contributed by atoms with Gasteiger partial charge in [0.25, 0.3) is 5.56 Å². The number of carbonyl (C=O) groups is 1. The number of aromatic nitrogens is 4. The van der Waals surface area contributed by atoms with E-state index in [0.717, 1.165) is 5.56 Å². The topological polar surface area (TPSA) is 99.6 Å². The van der Waals surface area contributed by atoms with Crippen LogP contribution in [0.15, 0.2) is 45.6 Å². The number of carbonyl (C=O) groups excluding carboxylic acids is 1. The molecule has 0 aliphatic rings. The predicted molar refractivity (Wildman–Crippen MR) is 97.7 cm³/mol. The molecule has 136 valence electrons. The summed E-state index contributed by atoms with van der Waals surface area (Å²) in [5.41, 5.74) is 1.22. The molecule has 0 bridgehead atoms. The molecule has 0 N–H and O–H groups in total. The number of hydrogen-bond acceptors (Lipinski definition) is 8. The average molecular weight is 382 g/mol. The molecule has 0 spiro atoms. The Balaban J connectivity index is 1.52. The molecule has 0 atom stereocenters. The highest BCUT2D eigenvalue weighted by Gasteiger charge is 2.20. The number of oxazole rings is 1. The largest absolute Gasteiger partial charge is 0.453 e. The van der Waals surface area contributed by atoms with E-state index in [4.69, 9.17) is 9.15 Å². The minimum atomic E-state index is -0.617. The van der Waals surface area contributed by atoms with Crippen LogP contribution in [0.3, 0.4) is 0 Å². The van der Waals surface area contributed by atoms with Crippen LogP contribution in [-0.2, 0) is 11.3 Å². The van der Waals surface area contributed by atoms with E-state index in [1.165, 1.54) is 21.9 Å². The third kappa shape index (κ3) is 3.36. The number of aryl methyl sites for hydroxylation is 2. The SMILES string of the molecule is Cc1cc(=O)n2nc(COC(=O)c3nc(-c4ccccc4)oc3C)sc2n1. The van der Waals surface area contributed by atoms with E-state index < -0.39 is 5.97 Å². The van der Waals surface area contributed by atoms with E-state index in [-0.39, 0.29) is 17.9 Å². The number of ether oxygens (including phenoxy) is 1. The first-order chi connectivity index (χ1) is 13.0. The molecule has 0 saturated heterocycles. The van der Waals surface area contributed by atoms with Crippen molar-refractivity contribution in [3.63, 3.8) is 0 Å². The van der Waals surface area contributed by atoms with Crippen LogP contribution >= 0.6 is 11.3 Å². The van der Waals surface area contributed by atoms with Crippen molar-refractivity contribution in [1.82, 2.24) is 19.6 Å². The lowest BCUT2D eigenvalue weighted by molar-refractivity contribution is 0.0463. The molecule has 1 aromatic carbocycles. The van der Waals surface area contributed by atoms with Gasteiger partial charge in [0.15, 0.2) is 10.7 Å². The van der Waals surface area contributed by atoms with E-state index in [9.17, 15) is 9.59 Å². The smallest absolute Gasteiger partial charge is 0.361 e. The van der Waals surface area contributed by atoms with Crippen LogP contribution < -0.4 is 5.56 Å². The number of fused-ring (bicyclic) bond motifs is 1. The first kappa shape index (κ1) is 17.1. The number of nitrogens with zero attached hydrogens (tertiary/aromatic N) is 4. The standard InChI is InChI=1S/C18H14N4O4S/c1-10-8-14(23)22-18(19-10)27-13(21-22)9-25-17(24)15-11(2)26-16(20-15)12-6-4-3-5-7-12/h3-8H,9H2,1-2H3. The average Bonchev–Trinajstić information content (AvgIpc) is 3.24. The van der Waals surface area contributed by atoms with Gasteiger partial charge >= 0.3 is 5.97 Å². The molecule has 9 heteroatoms. The van der Waals surface area contributed by atoms with E-state index in [1.807, 2.05) is 30.3 Å². The third-order valence-corrected chi connectivity index (χ3v) is 4.63. The van der Waals surface area contributed by atoms with Gasteiger partial charge in [0.1, 0.15) is 12.4 Å². The monoisotopic (exact) mass is 382 g/mol. The first-order valence-electron chi connectivity index (χ1n) is 8.07. The Morgan fingerprint density at radius 1 is 1.22 bits per heavy atom. The second-order valence-corrected chi connectivity index (χ2v) is 6.83. The fourth-order valence-electron chi connectivity index (χ4n) is 2.50. The number of benzene rings is 1. The van der Waals surface area contributed by atoms with Crippen molar-refractivity contribution in [2.75, 3.05) is 0 Å². The van der Waals surface area contributed by atoms with Crippen LogP contribution in [0.5, 0.6) is 0 Å². The molecule has 27 heavy (non-hydrogen) atoms. The minimum absolute atomic E-state index is 0.0850. The Hall–Kier alpha value is -3.33. The molecule has 0 fully saturated rings. The molecule has 0 saturated carbocycles. The van der Waals surface area contributed by atoms with Crippen LogP contribution in [0, 0.1) is 13.8 Å². The molecule has 0 radical (unpaired) electrons. The molecule has 8 nitrogen and oxygen atoms in total. The van der Waals surface area contributed by atoms with Crippen molar-refractivity contribution in [3.05, 3.63) is 68.9 Å². The van der Waals surface area contributed by atoms with Crippen molar-refractivity contribution < 1.29 is 13.9 Å². The molecule has 3 heterocycles. The van der Waals surface area contributed by atoms with Gasteiger partial charge in [-0.05, 0) is 26.0 Å². The summed E-state index contributed by atoms with van der Waals surface area (Å²) in [5.74, 6) is 0.108. The van der Waals surface area contributed by atoms with Crippen molar-refractivity contribution in [3.8, 4) is 11.5 Å². The fourth-order valence-corrected chi connectivity index (χ4v) is 3.36. The quantitative estimate of drug-likeness (QED) is 0.500. The van der Waals surface area contributed by atoms with Crippen molar-refractivity contribution in [1.29, 1.82) is 0 Å². The van der Waals surface area contributed by atoms with Gasteiger partial charge in [-0.15, -0.1) is 0 Å². The summed E-state index contributed by atoms with van der Waals surface area (Å²) < 4.78 is 12.0. The van der Waals surface area contributed by atoms with Gasteiger partial charge in [0.05, 0.1) is 0 Å². The third-order valence-electron chi connectivity index (χ3n) is 3.75. The highest BCUT2D eigenvalue weighted by molar-refractivity contribution is 7.16. The molecule has 4 rings (SSSR count). The Kier molecular flexibility index (Phi) is 4.28. The molecule has 4 aromatic rings. The molecular weight excluding hydrogens is 368 g/mol. The van der Waals surface area contributed by atoms with Crippen LogP contribution in [0.4, 0.5) is 0 Å². The van der Waals surface area contributed by atoms with E-state index in [2.05, 4.69) is 15.1 Å². The van der Waals surface area contributed by atoms with E-state index in [1.54, 1.807) is 13.8 Å². The van der Waals surface area contributed by atoms with Gasteiger partial charge in [0.2, 0.25) is 10.9 Å². The normalized spacial score (nSPS) is 11.0. The highest BCUT2D eigenvalue weighted by Crippen LogP contribution is 2.22. The molecular formula is C18H14N4O4S. The highest BCUT2D eigenvalue weighted by atomic mass is 32.1. The maximum Gasteiger partial charge on any atom is 0.361 e. The summed E-state index contributed by atoms with van der Waals surface area (Å²) in [6.07, 6.45) is 0. The van der Waals surface area contributed by atoms with E-state index in [0.29, 0.717) is 27.3 Å². The van der Waals surface area contributed by atoms with Gasteiger partial charge in [0, 0.05) is 17.3 Å². The summed E-state index contributed by atoms with van der Waals surface area (Å²) in [7, 11) is 0. The maximum atomic E-state index is 12.4. The Labute approximate surface area is 157 Å². The minimum Gasteiger partial charge on any atom is -0.453 e. The zero-order valence-corrected chi connectivity index (χ0v) is 15.3. The van der Waals surface area contributed by atoms with Gasteiger partial charge in [-0.1, -0.05) is 29.5 Å². The summed E-state index contributed by atoms with van der Waals surface area (Å²) in [6, 6.07) is 10.7. The summed E-state index contributed by atoms with van der Waals surface area (Å²) in [6.45, 7) is 3.30. The second kappa shape index (κ2) is 6.76. The molecule has 0 unspecified atom stereocenters. The molecule has 0 amide bonds. The van der Waals surface area contributed by atoms with Gasteiger partial charge in [-0.3, -0.25) is 4.79 Å². The van der Waals surface area contributed by atoms with Crippen molar-refractivity contribution in [2.24, 2.45) is 0 Å². The van der Waals surface area contributed by atoms with Crippen LogP contribution in [-0.4, -0.2) is 25.6 Å². The zero-order valence-electron chi connectivity index (χ0n) is 14.5. The lowest BCUT2D eigenvalue weighted by atomic mass is 10.2. The lowest BCUT2D eigenvalue weighted by Crippen LogP contribution is -2.14. The summed E-state index contributed by atoms with van der Waals surface area (Å²) in [5, 5.41) is 4.59. The van der Waals surface area contributed by atoms with Crippen molar-refractivity contribution >= 4 is 22.3 Å². The van der Waals surface area contributed by atoms with Crippen LogP contribution in [0.1, 0.15) is 27.0 Å². The van der Waals surface area contributed by atoms with Crippen LogP contribution in [0.2, 0.25) is 0 Å². The number of esters is 1. The Morgan fingerprint density at radius 3 is 2.78 bits per heavy atom. The molecule has 3 aromatic heterocycles. The first-order valence-corrected chi connectivity index (χ1v) is 8.89. The van der Waals surface area contributed by atoms with E-state index >= 15 is 0 Å². The fraction of sp³-hybridized carbons (Fsp3) is 0.167. The van der Waals surface area contributed by atoms with Gasteiger partial charge in [-0.25, -0.2) is 14.8 Å². The van der Waals surface area contributed by atoms with Gasteiger partial charge in [-0.2, -0.15) is 9.61 Å². The van der Waals surface area contributed by atoms with Crippen LogP contribution in [0.25, 0.3) is 16.4 Å². The second-order valence-electron chi connectivity index (χ2n) is 5.79. The molecule has 0 aliphatic heterocycles. The summed E-state index contributed by atoms with van der Waals surface area (Å²) >= 11 is 1.19. The van der Waals surface area contributed by atoms with Gasteiger partial charge < -0.3 is 9.15 Å². The Morgan fingerprint density at radius 2 is 2.00 bits per heavy atom. The number of hydrogen-bond donors (Lipinski definition) is 0. The summed E-state index contributed by atoms with van der Waals surface area (Å²) in [4.78, 5) is 33.2. The predicted octanol–water partition coefficient (Wildman–Crippen LogP) is 2.78. The Bertz CT molecular complexity index is 1190. The maximum absolute atomic E-state index is 12.4.